The summed E-state index contributed by atoms with van der Waals surface area (Å²) in [6, 6.07) is 3.66. The molecule has 1 rings (SSSR count). The fraction of sp³-hybridized carbons (Fsp3) is 0.500. The molecule has 0 aliphatic heterocycles. The predicted molar refractivity (Wildman–Crippen MR) is 50.7 cm³/mol. The molecule has 0 spiro atoms. The highest BCUT2D eigenvalue weighted by Crippen LogP contribution is 2.13. The van der Waals surface area contributed by atoms with Gasteiger partial charge in [-0.15, -0.1) is 0 Å². The molecule has 3 nitrogen and oxygen atoms in total. The van der Waals surface area contributed by atoms with Crippen molar-refractivity contribution in [3.05, 3.63) is 23.4 Å². The van der Waals surface area contributed by atoms with E-state index < -0.39 is 0 Å². The Labute approximate surface area is 78.4 Å². The topological polar surface area (TPSA) is 42.4 Å². The summed E-state index contributed by atoms with van der Waals surface area (Å²) in [6.07, 6.45) is 1.97. The molecular formula is C10H15NO2. The number of hydrogen-bond donors (Lipinski definition) is 1. The Morgan fingerprint density at radius 3 is 2.77 bits per heavy atom. The van der Waals surface area contributed by atoms with Crippen molar-refractivity contribution in [1.29, 1.82) is 0 Å². The maximum atomic E-state index is 8.97. The van der Waals surface area contributed by atoms with E-state index >= 15 is 0 Å². The van der Waals surface area contributed by atoms with Crippen molar-refractivity contribution in [1.82, 2.24) is 4.98 Å². The normalized spacial score (nSPS) is 10.1. The van der Waals surface area contributed by atoms with Crippen LogP contribution in [-0.4, -0.2) is 17.2 Å². The van der Waals surface area contributed by atoms with Crippen LogP contribution in [0.25, 0.3) is 0 Å². The number of aliphatic hydroxyl groups is 1. The zero-order chi connectivity index (χ0) is 9.68. The van der Waals surface area contributed by atoms with Crippen LogP contribution in [0.4, 0.5) is 0 Å². The summed E-state index contributed by atoms with van der Waals surface area (Å²) in [6.45, 7) is 2.13. The first-order valence-electron chi connectivity index (χ1n) is 4.44. The minimum absolute atomic E-state index is 0.0373. The molecule has 0 aliphatic rings. The largest absolute Gasteiger partial charge is 0.481 e. The van der Waals surface area contributed by atoms with Gasteiger partial charge in [-0.25, -0.2) is 4.98 Å². The molecule has 3 heteroatoms. The summed E-state index contributed by atoms with van der Waals surface area (Å²) in [4.78, 5) is 4.26. The van der Waals surface area contributed by atoms with Crippen LogP contribution in [0.15, 0.2) is 12.1 Å². The molecule has 13 heavy (non-hydrogen) atoms. The molecule has 72 valence electrons. The van der Waals surface area contributed by atoms with Crippen molar-refractivity contribution in [2.75, 3.05) is 7.11 Å². The van der Waals surface area contributed by atoms with Crippen molar-refractivity contribution >= 4 is 0 Å². The van der Waals surface area contributed by atoms with Gasteiger partial charge in [-0.05, 0) is 18.1 Å². The van der Waals surface area contributed by atoms with Crippen molar-refractivity contribution < 1.29 is 9.84 Å². The first-order chi connectivity index (χ1) is 6.30. The van der Waals surface area contributed by atoms with E-state index in [-0.39, 0.29) is 6.61 Å². The molecular weight excluding hydrogens is 166 g/mol. The maximum absolute atomic E-state index is 8.97. The molecule has 1 N–H and O–H groups in total. The van der Waals surface area contributed by atoms with Gasteiger partial charge in [0.05, 0.1) is 13.7 Å². The number of rotatable bonds is 4. The van der Waals surface area contributed by atoms with Crippen molar-refractivity contribution in [2.45, 2.75) is 26.4 Å². The van der Waals surface area contributed by atoms with Crippen molar-refractivity contribution in [3.63, 3.8) is 0 Å². The monoisotopic (exact) mass is 181 g/mol. The lowest BCUT2D eigenvalue weighted by Gasteiger charge is -2.05. The number of aromatic nitrogens is 1. The number of aliphatic hydroxyl groups excluding tert-OH is 1. The first-order valence-corrected chi connectivity index (χ1v) is 4.44. The van der Waals surface area contributed by atoms with Crippen LogP contribution < -0.4 is 4.74 Å². The summed E-state index contributed by atoms with van der Waals surface area (Å²) in [7, 11) is 1.58. The van der Waals surface area contributed by atoms with Gasteiger partial charge >= 0.3 is 0 Å². The maximum Gasteiger partial charge on any atom is 0.213 e. The van der Waals surface area contributed by atoms with Crippen LogP contribution >= 0.6 is 0 Å². The van der Waals surface area contributed by atoms with E-state index in [2.05, 4.69) is 11.9 Å². The highest BCUT2D eigenvalue weighted by Gasteiger charge is 2.01. The predicted octanol–water partition coefficient (Wildman–Crippen LogP) is 1.53. The highest BCUT2D eigenvalue weighted by molar-refractivity contribution is 5.24. The lowest BCUT2D eigenvalue weighted by molar-refractivity contribution is 0.280. The Kier molecular flexibility index (Phi) is 3.71. The molecule has 1 aromatic rings. The van der Waals surface area contributed by atoms with Crippen LogP contribution in [0.5, 0.6) is 5.88 Å². The third-order valence-corrected chi connectivity index (χ3v) is 1.81. The third kappa shape index (κ3) is 2.70. The molecule has 1 heterocycles. The number of nitrogens with zero attached hydrogens (tertiary/aromatic N) is 1. The first kappa shape index (κ1) is 9.99. The molecule has 1 aromatic heterocycles. The molecule has 0 radical (unpaired) electrons. The van der Waals surface area contributed by atoms with E-state index in [0.29, 0.717) is 5.88 Å². The number of aryl methyl sites for hydroxylation is 1. The Morgan fingerprint density at radius 1 is 1.46 bits per heavy atom. The van der Waals surface area contributed by atoms with E-state index in [0.717, 1.165) is 24.1 Å². The average Bonchev–Trinajstić information content (AvgIpc) is 2.17. The van der Waals surface area contributed by atoms with Gasteiger partial charge in [0, 0.05) is 11.8 Å². The molecule has 0 fully saturated rings. The summed E-state index contributed by atoms with van der Waals surface area (Å²) >= 11 is 0. The molecule has 0 aliphatic carbocycles. The van der Waals surface area contributed by atoms with Gasteiger partial charge in [0.15, 0.2) is 0 Å². The van der Waals surface area contributed by atoms with Gasteiger partial charge in [-0.2, -0.15) is 0 Å². The van der Waals surface area contributed by atoms with Gasteiger partial charge in [0.25, 0.3) is 0 Å². The number of methoxy groups -OCH3 is 1. The zero-order valence-electron chi connectivity index (χ0n) is 8.08. The summed E-state index contributed by atoms with van der Waals surface area (Å²) in [5, 5.41) is 8.97. The van der Waals surface area contributed by atoms with Crippen molar-refractivity contribution in [3.8, 4) is 5.88 Å². The number of pyridine rings is 1. The van der Waals surface area contributed by atoms with Crippen LogP contribution in [0.2, 0.25) is 0 Å². The van der Waals surface area contributed by atoms with Gasteiger partial charge in [0.1, 0.15) is 0 Å². The minimum atomic E-state index is 0.0373. The van der Waals surface area contributed by atoms with Crippen molar-refractivity contribution in [2.24, 2.45) is 0 Å². The minimum Gasteiger partial charge on any atom is -0.481 e. The Balaban J connectivity index is 2.93. The second kappa shape index (κ2) is 4.82. The van der Waals surface area contributed by atoms with E-state index in [1.54, 1.807) is 13.2 Å². The van der Waals surface area contributed by atoms with E-state index in [1.165, 1.54) is 0 Å². The van der Waals surface area contributed by atoms with Gasteiger partial charge in [0.2, 0.25) is 5.88 Å². The van der Waals surface area contributed by atoms with Crippen LogP contribution in [0, 0.1) is 0 Å². The van der Waals surface area contributed by atoms with Crippen LogP contribution in [-0.2, 0) is 13.0 Å². The fourth-order valence-electron chi connectivity index (χ4n) is 1.20. The third-order valence-electron chi connectivity index (χ3n) is 1.81. The fourth-order valence-corrected chi connectivity index (χ4v) is 1.20. The number of ether oxygens (including phenoxy) is 1. The average molecular weight is 181 g/mol. The Morgan fingerprint density at radius 2 is 2.23 bits per heavy atom. The summed E-state index contributed by atoms with van der Waals surface area (Å²) in [5.74, 6) is 0.579. The summed E-state index contributed by atoms with van der Waals surface area (Å²) < 4.78 is 5.02. The molecule has 0 amide bonds. The van der Waals surface area contributed by atoms with E-state index in [9.17, 15) is 0 Å². The molecule has 0 saturated carbocycles. The summed E-state index contributed by atoms with van der Waals surface area (Å²) in [5.41, 5.74) is 1.83. The Hall–Kier alpha value is -1.09. The van der Waals surface area contributed by atoms with Crippen LogP contribution in [0.1, 0.15) is 24.6 Å². The van der Waals surface area contributed by atoms with Crippen LogP contribution in [0.3, 0.4) is 0 Å². The molecule has 0 atom stereocenters. The van der Waals surface area contributed by atoms with Gasteiger partial charge in [-0.1, -0.05) is 13.3 Å². The molecule has 0 saturated heterocycles. The van der Waals surface area contributed by atoms with E-state index in [1.807, 2.05) is 6.07 Å². The Bertz CT molecular complexity index is 251. The lowest BCUT2D eigenvalue weighted by atomic mass is 10.2. The zero-order valence-corrected chi connectivity index (χ0v) is 8.08. The second-order valence-corrected chi connectivity index (χ2v) is 2.92. The molecule has 0 bridgehead atoms. The molecule has 0 unspecified atom stereocenters. The smallest absolute Gasteiger partial charge is 0.213 e. The SMILES string of the molecule is CCCc1cc(CO)cc(OC)n1. The van der Waals surface area contributed by atoms with Gasteiger partial charge < -0.3 is 9.84 Å². The standard InChI is InChI=1S/C10H15NO2/c1-3-4-9-5-8(7-12)6-10(11-9)13-2/h5-6,12H,3-4,7H2,1-2H3. The second-order valence-electron chi connectivity index (χ2n) is 2.92. The highest BCUT2D eigenvalue weighted by atomic mass is 16.5. The van der Waals surface area contributed by atoms with Gasteiger partial charge in [-0.3, -0.25) is 0 Å². The quantitative estimate of drug-likeness (QED) is 0.766. The number of hydrogen-bond acceptors (Lipinski definition) is 3. The lowest BCUT2D eigenvalue weighted by Crippen LogP contribution is -1.96. The molecule has 0 aromatic carbocycles. The van der Waals surface area contributed by atoms with E-state index in [4.69, 9.17) is 9.84 Å².